The SMILES string of the molecule is CC=CC(=O)OC[N+](CC)(CC)C(C)CCS(=O)(=O)O. The zero-order valence-corrected chi connectivity index (χ0v) is 13.5. The molecule has 0 fully saturated rings. The van der Waals surface area contributed by atoms with Gasteiger partial charge in [0.1, 0.15) is 0 Å². The molecule has 0 bridgehead atoms. The lowest BCUT2D eigenvalue weighted by atomic mass is 10.1. The van der Waals surface area contributed by atoms with E-state index in [2.05, 4.69) is 0 Å². The molecule has 0 aromatic carbocycles. The van der Waals surface area contributed by atoms with Gasteiger partial charge in [-0.3, -0.25) is 9.04 Å². The molecule has 0 amide bonds. The van der Waals surface area contributed by atoms with Gasteiger partial charge in [-0.2, -0.15) is 8.42 Å². The summed E-state index contributed by atoms with van der Waals surface area (Å²) in [5, 5.41) is 0. The summed E-state index contributed by atoms with van der Waals surface area (Å²) in [5.41, 5.74) is 0. The van der Waals surface area contributed by atoms with Crippen molar-refractivity contribution in [2.75, 3.05) is 25.6 Å². The summed E-state index contributed by atoms with van der Waals surface area (Å²) in [6.07, 6.45) is 3.28. The van der Waals surface area contributed by atoms with Crippen molar-refractivity contribution >= 4 is 16.1 Å². The second kappa shape index (κ2) is 8.39. The first-order valence-electron chi connectivity index (χ1n) is 6.81. The number of rotatable bonds is 9. The molecule has 0 aliphatic heterocycles. The molecule has 0 rings (SSSR count). The van der Waals surface area contributed by atoms with Crippen molar-refractivity contribution in [2.45, 2.75) is 40.2 Å². The Balaban J connectivity index is 4.76. The number of esters is 1. The van der Waals surface area contributed by atoms with E-state index in [4.69, 9.17) is 9.29 Å². The monoisotopic (exact) mass is 308 g/mol. The van der Waals surface area contributed by atoms with Crippen LogP contribution in [0.5, 0.6) is 0 Å². The van der Waals surface area contributed by atoms with Crippen LogP contribution >= 0.6 is 0 Å². The summed E-state index contributed by atoms with van der Waals surface area (Å²) in [6.45, 7) is 9.20. The van der Waals surface area contributed by atoms with E-state index in [-0.39, 0.29) is 18.5 Å². The molecule has 0 saturated heterocycles. The van der Waals surface area contributed by atoms with Crippen molar-refractivity contribution < 1.29 is 27.0 Å². The zero-order chi connectivity index (χ0) is 15.8. The maximum Gasteiger partial charge on any atom is 0.334 e. The fourth-order valence-electron chi connectivity index (χ4n) is 2.13. The third-order valence-electron chi connectivity index (χ3n) is 3.75. The summed E-state index contributed by atoms with van der Waals surface area (Å²) in [4.78, 5) is 11.4. The Hall–Kier alpha value is -0.920. The van der Waals surface area contributed by atoms with E-state index in [1.54, 1.807) is 13.0 Å². The molecule has 0 aromatic rings. The van der Waals surface area contributed by atoms with Crippen LogP contribution in [0.15, 0.2) is 12.2 Å². The number of hydrogen-bond acceptors (Lipinski definition) is 4. The Labute approximate surface area is 121 Å². The van der Waals surface area contributed by atoms with Gasteiger partial charge in [0.15, 0.2) is 0 Å². The molecule has 1 atom stereocenters. The maximum atomic E-state index is 11.4. The number of carbonyl (C=O) groups is 1. The summed E-state index contributed by atoms with van der Waals surface area (Å²) >= 11 is 0. The van der Waals surface area contributed by atoms with Crippen LogP contribution in [0.25, 0.3) is 0 Å². The van der Waals surface area contributed by atoms with Crippen LogP contribution in [0, 0.1) is 0 Å². The molecule has 0 spiro atoms. The highest BCUT2D eigenvalue weighted by atomic mass is 32.2. The molecule has 0 aliphatic rings. The Morgan fingerprint density at radius 2 is 1.90 bits per heavy atom. The molecule has 1 unspecified atom stereocenters. The molecule has 0 saturated carbocycles. The molecule has 20 heavy (non-hydrogen) atoms. The first kappa shape index (κ1) is 19.1. The Morgan fingerprint density at radius 1 is 1.35 bits per heavy atom. The van der Waals surface area contributed by atoms with Gasteiger partial charge in [0, 0.05) is 12.5 Å². The summed E-state index contributed by atoms with van der Waals surface area (Å²) in [7, 11) is -3.96. The van der Waals surface area contributed by atoms with E-state index in [0.29, 0.717) is 24.0 Å². The number of quaternary nitrogens is 1. The van der Waals surface area contributed by atoms with Gasteiger partial charge < -0.3 is 4.74 Å². The van der Waals surface area contributed by atoms with Gasteiger partial charge in [0.25, 0.3) is 10.1 Å². The highest BCUT2D eigenvalue weighted by Crippen LogP contribution is 2.17. The van der Waals surface area contributed by atoms with Crippen molar-refractivity contribution in [1.29, 1.82) is 0 Å². The van der Waals surface area contributed by atoms with Crippen LogP contribution in [-0.2, 0) is 19.6 Å². The van der Waals surface area contributed by atoms with Crippen molar-refractivity contribution in [3.05, 3.63) is 12.2 Å². The normalized spacial score (nSPS) is 14.4. The predicted octanol–water partition coefficient (Wildman–Crippen LogP) is 1.59. The van der Waals surface area contributed by atoms with E-state index < -0.39 is 16.1 Å². The lowest BCUT2D eigenvalue weighted by Gasteiger charge is -2.41. The highest BCUT2D eigenvalue weighted by Gasteiger charge is 2.32. The second-order valence-electron chi connectivity index (χ2n) is 4.87. The second-order valence-corrected chi connectivity index (χ2v) is 6.44. The van der Waals surface area contributed by atoms with Crippen molar-refractivity contribution in [1.82, 2.24) is 0 Å². The standard InChI is InChI=1S/C13H25NO5S/c1-5-8-13(15)19-11-14(6-2,7-3)12(4)9-10-20(16,17)18/h5,8,12H,6-7,9-11H2,1-4H3/p+1. The number of nitrogens with zero attached hydrogens (tertiary/aromatic N) is 1. The first-order valence-corrected chi connectivity index (χ1v) is 8.42. The van der Waals surface area contributed by atoms with Crippen LogP contribution in [0.1, 0.15) is 34.1 Å². The molecular weight excluding hydrogens is 282 g/mol. The highest BCUT2D eigenvalue weighted by molar-refractivity contribution is 7.85. The van der Waals surface area contributed by atoms with Crippen molar-refractivity contribution in [3.63, 3.8) is 0 Å². The van der Waals surface area contributed by atoms with Crippen molar-refractivity contribution in [3.8, 4) is 0 Å². The van der Waals surface area contributed by atoms with Gasteiger partial charge in [0.05, 0.1) is 24.9 Å². The summed E-state index contributed by atoms with van der Waals surface area (Å²) in [5.74, 6) is -0.685. The van der Waals surface area contributed by atoms with Crippen molar-refractivity contribution in [2.24, 2.45) is 0 Å². The molecule has 1 N–H and O–H groups in total. The van der Waals surface area contributed by atoms with Gasteiger partial charge in [-0.15, -0.1) is 0 Å². The lowest BCUT2D eigenvalue weighted by Crippen LogP contribution is -2.56. The Bertz CT molecular complexity index is 426. The zero-order valence-electron chi connectivity index (χ0n) is 12.7. The Morgan fingerprint density at radius 3 is 2.30 bits per heavy atom. The fourth-order valence-corrected chi connectivity index (χ4v) is 2.77. The minimum Gasteiger partial charge on any atom is -0.412 e. The van der Waals surface area contributed by atoms with Crippen LogP contribution in [0.3, 0.4) is 0 Å². The van der Waals surface area contributed by atoms with Crippen LogP contribution in [0.2, 0.25) is 0 Å². The minimum absolute atomic E-state index is 0.0367. The average molecular weight is 308 g/mol. The maximum absolute atomic E-state index is 11.4. The smallest absolute Gasteiger partial charge is 0.334 e. The molecule has 0 aliphatic carbocycles. The molecule has 0 radical (unpaired) electrons. The van der Waals surface area contributed by atoms with Gasteiger partial charge in [-0.25, -0.2) is 4.79 Å². The van der Waals surface area contributed by atoms with Gasteiger partial charge in [-0.1, -0.05) is 6.08 Å². The predicted molar refractivity (Wildman–Crippen MR) is 77.6 cm³/mol. The van der Waals surface area contributed by atoms with E-state index in [1.165, 1.54) is 6.08 Å². The number of allylic oxidation sites excluding steroid dienone is 1. The number of carbonyl (C=O) groups excluding carboxylic acids is 1. The van der Waals surface area contributed by atoms with E-state index in [9.17, 15) is 13.2 Å². The first-order chi connectivity index (χ1) is 9.20. The largest absolute Gasteiger partial charge is 0.412 e. The van der Waals surface area contributed by atoms with Gasteiger partial charge in [0.2, 0.25) is 6.73 Å². The topological polar surface area (TPSA) is 80.7 Å². The average Bonchev–Trinajstić information content (AvgIpc) is 2.37. The number of hydrogen-bond donors (Lipinski definition) is 1. The molecule has 7 heteroatoms. The molecule has 6 nitrogen and oxygen atoms in total. The van der Waals surface area contributed by atoms with Crippen LogP contribution < -0.4 is 0 Å². The van der Waals surface area contributed by atoms with Gasteiger partial charge >= 0.3 is 5.97 Å². The van der Waals surface area contributed by atoms with E-state index in [1.807, 2.05) is 20.8 Å². The Kier molecular flexibility index (Phi) is 8.00. The fraction of sp³-hybridized carbons (Fsp3) is 0.769. The number of ether oxygens (including phenoxy) is 1. The summed E-state index contributed by atoms with van der Waals surface area (Å²) in [6, 6.07) is -0.0367. The van der Waals surface area contributed by atoms with Crippen LogP contribution in [-0.4, -0.2) is 55.0 Å². The van der Waals surface area contributed by atoms with Gasteiger partial charge in [-0.05, 0) is 27.7 Å². The van der Waals surface area contributed by atoms with E-state index >= 15 is 0 Å². The molecule has 118 valence electrons. The molecular formula is C13H26NO5S+. The molecule has 0 heterocycles. The van der Waals surface area contributed by atoms with E-state index in [0.717, 1.165) is 0 Å². The summed E-state index contributed by atoms with van der Waals surface area (Å²) < 4.78 is 36.2. The quantitative estimate of drug-likeness (QED) is 0.230. The third-order valence-corrected chi connectivity index (χ3v) is 4.51. The molecule has 0 aromatic heterocycles. The third kappa shape index (κ3) is 6.49. The van der Waals surface area contributed by atoms with Crippen LogP contribution in [0.4, 0.5) is 0 Å². The minimum atomic E-state index is -3.96. The lowest BCUT2D eigenvalue weighted by molar-refractivity contribution is -0.961.